The minimum Gasteiger partial charge on any atom is -0.297 e. The molecular formula is C7H6O. The summed E-state index contributed by atoms with van der Waals surface area (Å²) in [4.78, 5) is 9.89. The first kappa shape index (κ1) is 6.71. The molecule has 40 valence electrons. The predicted molar refractivity (Wildman–Crippen MR) is 32.4 cm³/mol. The van der Waals surface area contributed by atoms with Gasteiger partial charge in [0.1, 0.15) is 0 Å². The summed E-state index contributed by atoms with van der Waals surface area (Å²) in [6.07, 6.45) is 2.06. The molecule has 0 aromatic carbocycles. The van der Waals surface area contributed by atoms with Crippen molar-refractivity contribution in [2.45, 2.75) is 0 Å². The summed E-state index contributed by atoms with van der Waals surface area (Å²) in [5.74, 6) is 0. The van der Waals surface area contributed by atoms with Crippen LogP contribution in [-0.2, 0) is 4.79 Å². The molecule has 0 aromatic heterocycles. The van der Waals surface area contributed by atoms with Crippen LogP contribution in [0.25, 0.3) is 0 Å². The van der Waals surface area contributed by atoms with E-state index < -0.39 is 0 Å². The van der Waals surface area contributed by atoms with Gasteiger partial charge in [0.15, 0.2) is 6.29 Å². The summed E-state index contributed by atoms with van der Waals surface area (Å²) in [6.45, 7) is 6.53. The zero-order valence-corrected chi connectivity index (χ0v) is 4.48. The molecule has 1 nitrogen and oxygen atoms in total. The maximum atomic E-state index is 9.89. The molecule has 0 radical (unpaired) electrons. The van der Waals surface area contributed by atoms with Crippen molar-refractivity contribution in [3.63, 3.8) is 0 Å². The summed E-state index contributed by atoms with van der Waals surface area (Å²) < 4.78 is 0. The predicted octanol–water partition coefficient (Wildman–Crippen LogP) is 1.24. The maximum absolute atomic E-state index is 9.89. The fourth-order valence-corrected chi connectivity index (χ4v) is 0.237. The number of allylic oxidation sites excluding steroid dienone is 2. The second-order valence-electron chi connectivity index (χ2n) is 1.10. The number of aldehydes is 1. The van der Waals surface area contributed by atoms with E-state index >= 15 is 0 Å². The average molecular weight is 106 g/mol. The van der Waals surface area contributed by atoms with E-state index in [0.29, 0.717) is 11.9 Å². The van der Waals surface area contributed by atoms with Crippen molar-refractivity contribution >= 4 is 6.29 Å². The van der Waals surface area contributed by atoms with Crippen LogP contribution in [0, 0.1) is 0 Å². The van der Waals surface area contributed by atoms with Gasteiger partial charge in [-0.15, -0.1) is 11.5 Å². The molecule has 0 heterocycles. The minimum atomic E-state index is 0.375. The van der Waals surface area contributed by atoms with E-state index in [1.54, 1.807) is 0 Å². The highest BCUT2D eigenvalue weighted by atomic mass is 16.1. The lowest BCUT2D eigenvalue weighted by Crippen LogP contribution is -1.71. The molecule has 0 spiro atoms. The molecule has 0 aliphatic rings. The Labute approximate surface area is 48.3 Å². The Hall–Kier alpha value is -1.29. The second kappa shape index (κ2) is 3.89. The van der Waals surface area contributed by atoms with Gasteiger partial charge < -0.3 is 0 Å². The molecule has 1 heteroatoms. The Morgan fingerprint density at radius 1 is 1.50 bits per heavy atom. The highest BCUT2D eigenvalue weighted by molar-refractivity contribution is 5.76. The quantitative estimate of drug-likeness (QED) is 0.224. The second-order valence-corrected chi connectivity index (χ2v) is 1.10. The van der Waals surface area contributed by atoms with E-state index in [9.17, 15) is 4.79 Å². The van der Waals surface area contributed by atoms with Gasteiger partial charge in [0, 0.05) is 0 Å². The van der Waals surface area contributed by atoms with Crippen LogP contribution in [0.4, 0.5) is 0 Å². The molecule has 0 N–H and O–H groups in total. The zero-order chi connectivity index (χ0) is 6.41. The third kappa shape index (κ3) is 1.99. The highest BCUT2D eigenvalue weighted by Crippen LogP contribution is 1.83. The van der Waals surface area contributed by atoms with Gasteiger partial charge in [0.2, 0.25) is 0 Å². The Morgan fingerprint density at radius 2 is 2.12 bits per heavy atom. The van der Waals surface area contributed by atoms with Gasteiger partial charge in [-0.25, -0.2) is 0 Å². The van der Waals surface area contributed by atoms with Crippen molar-refractivity contribution in [1.29, 1.82) is 0 Å². The van der Waals surface area contributed by atoms with Gasteiger partial charge in [0.05, 0.1) is 5.57 Å². The van der Waals surface area contributed by atoms with E-state index in [0.717, 1.165) is 0 Å². The van der Waals surface area contributed by atoms with E-state index in [-0.39, 0.29) is 0 Å². The van der Waals surface area contributed by atoms with Crippen molar-refractivity contribution in [2.75, 3.05) is 0 Å². The van der Waals surface area contributed by atoms with Gasteiger partial charge in [-0.2, -0.15) is 0 Å². The van der Waals surface area contributed by atoms with Gasteiger partial charge in [0.25, 0.3) is 0 Å². The van der Waals surface area contributed by atoms with Crippen LogP contribution < -0.4 is 0 Å². The fraction of sp³-hybridized carbons (Fsp3) is 0. The van der Waals surface area contributed by atoms with Crippen LogP contribution in [-0.4, -0.2) is 6.29 Å². The molecular weight excluding hydrogens is 100 g/mol. The Balaban J connectivity index is 4.37. The lowest BCUT2D eigenvalue weighted by atomic mass is 10.3. The Kier molecular flexibility index (Phi) is 3.26. The van der Waals surface area contributed by atoms with E-state index in [4.69, 9.17) is 0 Å². The fourth-order valence-electron chi connectivity index (χ4n) is 0.237. The third-order valence-corrected chi connectivity index (χ3v) is 0.589. The molecule has 0 aliphatic carbocycles. The molecule has 0 bridgehead atoms. The Bertz CT molecular complexity index is 177. The minimum absolute atomic E-state index is 0.375. The largest absolute Gasteiger partial charge is 0.297 e. The lowest BCUT2D eigenvalue weighted by Gasteiger charge is -1.72. The van der Waals surface area contributed by atoms with Crippen molar-refractivity contribution in [3.8, 4) is 0 Å². The normalized spacial score (nSPS) is 6.00. The van der Waals surface area contributed by atoms with Crippen LogP contribution in [0.2, 0.25) is 0 Å². The summed E-state index contributed by atoms with van der Waals surface area (Å²) in [5.41, 5.74) is 5.19. The van der Waals surface area contributed by atoms with E-state index in [2.05, 4.69) is 24.6 Å². The summed E-state index contributed by atoms with van der Waals surface area (Å²) in [7, 11) is 0. The van der Waals surface area contributed by atoms with Crippen LogP contribution in [0.15, 0.2) is 36.3 Å². The smallest absolute Gasteiger partial charge is 0.158 e. The van der Waals surface area contributed by atoms with Gasteiger partial charge in [-0.05, 0) is 6.08 Å². The van der Waals surface area contributed by atoms with E-state index in [1.807, 2.05) is 0 Å². The maximum Gasteiger partial charge on any atom is 0.158 e. The molecule has 0 aromatic rings. The van der Waals surface area contributed by atoms with Gasteiger partial charge in [-0.1, -0.05) is 13.2 Å². The first-order chi connectivity index (χ1) is 3.85. The van der Waals surface area contributed by atoms with Gasteiger partial charge in [-0.3, -0.25) is 4.79 Å². The first-order valence-electron chi connectivity index (χ1n) is 2.06. The third-order valence-electron chi connectivity index (χ3n) is 0.589. The molecule has 0 saturated heterocycles. The molecule has 0 aliphatic heterocycles. The number of hydrogen-bond donors (Lipinski definition) is 0. The highest BCUT2D eigenvalue weighted by Gasteiger charge is 1.78. The molecule has 0 saturated carbocycles. The number of carbonyl (C=O) groups is 1. The van der Waals surface area contributed by atoms with Gasteiger partial charge >= 0.3 is 0 Å². The van der Waals surface area contributed by atoms with Crippen LogP contribution >= 0.6 is 0 Å². The molecule has 0 atom stereocenters. The van der Waals surface area contributed by atoms with E-state index in [1.165, 1.54) is 6.08 Å². The molecule has 8 heavy (non-hydrogen) atoms. The standard InChI is InChI=1S/C7H6O/c1-3-5-7(4-2)6-8/h5-6H,1-2H2. The summed E-state index contributed by atoms with van der Waals surface area (Å²) in [6, 6.07) is 0. The average Bonchev–Trinajstić information content (AvgIpc) is 1.83. The topological polar surface area (TPSA) is 17.1 Å². The SMILES string of the molecule is C=C=CC(=C=C)C=O. The van der Waals surface area contributed by atoms with Crippen LogP contribution in [0.1, 0.15) is 0 Å². The lowest BCUT2D eigenvalue weighted by molar-refractivity contribution is -0.104. The van der Waals surface area contributed by atoms with Crippen LogP contribution in [0.3, 0.4) is 0 Å². The molecule has 0 amide bonds. The monoisotopic (exact) mass is 106 g/mol. The molecule has 0 unspecified atom stereocenters. The first-order valence-corrected chi connectivity index (χ1v) is 2.06. The molecule has 0 rings (SSSR count). The molecule has 0 fully saturated rings. The number of carbonyl (C=O) groups excluding carboxylic acids is 1. The van der Waals surface area contributed by atoms with Crippen molar-refractivity contribution < 1.29 is 4.79 Å². The van der Waals surface area contributed by atoms with Crippen LogP contribution in [0.5, 0.6) is 0 Å². The number of rotatable bonds is 2. The van der Waals surface area contributed by atoms with Crippen molar-refractivity contribution in [1.82, 2.24) is 0 Å². The van der Waals surface area contributed by atoms with Crippen molar-refractivity contribution in [3.05, 3.63) is 36.3 Å². The Morgan fingerprint density at radius 3 is 2.25 bits per heavy atom. The van der Waals surface area contributed by atoms with Crippen molar-refractivity contribution in [2.24, 2.45) is 0 Å². The number of hydrogen-bond acceptors (Lipinski definition) is 1. The zero-order valence-electron chi connectivity index (χ0n) is 4.48. The summed E-state index contributed by atoms with van der Waals surface area (Å²) in [5, 5.41) is 0. The summed E-state index contributed by atoms with van der Waals surface area (Å²) >= 11 is 0.